The number of H-pyrrole nitrogens is 1. The first-order chi connectivity index (χ1) is 7.60. The van der Waals surface area contributed by atoms with Crippen molar-refractivity contribution in [2.45, 2.75) is 25.3 Å². The number of aryl methyl sites for hydroxylation is 1. The van der Waals surface area contributed by atoms with Gasteiger partial charge >= 0.3 is 0 Å². The lowest BCUT2D eigenvalue weighted by atomic mass is 10.5. The van der Waals surface area contributed by atoms with Crippen molar-refractivity contribution in [1.29, 1.82) is 0 Å². The Bertz CT molecular complexity index is 413. The molecule has 1 rings (SSSR count). The van der Waals surface area contributed by atoms with Gasteiger partial charge in [0.1, 0.15) is 5.82 Å². The molecule has 1 heterocycles. The Morgan fingerprint density at radius 3 is 2.81 bits per heavy atom. The highest BCUT2D eigenvalue weighted by molar-refractivity contribution is 7.89. The van der Waals surface area contributed by atoms with Crippen LogP contribution < -0.4 is 4.72 Å². The zero-order valence-corrected chi connectivity index (χ0v) is 10.3. The van der Waals surface area contributed by atoms with Gasteiger partial charge in [0.05, 0.1) is 12.8 Å². The third kappa shape index (κ3) is 3.58. The van der Waals surface area contributed by atoms with Crippen LogP contribution >= 0.6 is 0 Å². The van der Waals surface area contributed by atoms with E-state index in [1.165, 1.54) is 6.20 Å². The SMILES string of the molecule is CCOCCNS(=O)(=O)c1cnc(CC)[nH]1. The third-order valence-electron chi connectivity index (χ3n) is 1.97. The summed E-state index contributed by atoms with van der Waals surface area (Å²) in [5, 5.41) is 0.0980. The van der Waals surface area contributed by atoms with Crippen molar-refractivity contribution in [3.05, 3.63) is 12.0 Å². The number of nitrogens with zero attached hydrogens (tertiary/aromatic N) is 1. The van der Waals surface area contributed by atoms with E-state index >= 15 is 0 Å². The molecule has 92 valence electrons. The Morgan fingerprint density at radius 2 is 2.25 bits per heavy atom. The fourth-order valence-electron chi connectivity index (χ4n) is 1.13. The Morgan fingerprint density at radius 1 is 1.50 bits per heavy atom. The largest absolute Gasteiger partial charge is 0.380 e. The number of sulfonamides is 1. The van der Waals surface area contributed by atoms with Crippen LogP contribution in [0.1, 0.15) is 19.7 Å². The smallest absolute Gasteiger partial charge is 0.257 e. The van der Waals surface area contributed by atoms with E-state index in [4.69, 9.17) is 4.74 Å². The number of imidazole rings is 1. The summed E-state index contributed by atoms with van der Waals surface area (Å²) in [5.74, 6) is 0.658. The second-order valence-electron chi connectivity index (χ2n) is 3.14. The molecule has 1 aromatic heterocycles. The van der Waals surface area contributed by atoms with Crippen molar-refractivity contribution >= 4 is 10.0 Å². The summed E-state index contributed by atoms with van der Waals surface area (Å²) in [6.45, 7) is 4.96. The first-order valence-electron chi connectivity index (χ1n) is 5.21. The van der Waals surface area contributed by atoms with Gasteiger partial charge in [0.2, 0.25) is 0 Å². The van der Waals surface area contributed by atoms with E-state index in [-0.39, 0.29) is 11.6 Å². The number of hydrogen-bond donors (Lipinski definition) is 2. The zero-order chi connectivity index (χ0) is 12.0. The van der Waals surface area contributed by atoms with Gasteiger partial charge in [-0.15, -0.1) is 0 Å². The molecule has 0 radical (unpaired) electrons. The molecule has 1 aromatic rings. The molecule has 0 bridgehead atoms. The molecule has 0 amide bonds. The molecule has 0 fully saturated rings. The van der Waals surface area contributed by atoms with Gasteiger partial charge in [-0.1, -0.05) is 6.92 Å². The molecule has 6 nitrogen and oxygen atoms in total. The lowest BCUT2D eigenvalue weighted by molar-refractivity contribution is 0.153. The number of aromatic nitrogens is 2. The van der Waals surface area contributed by atoms with Crippen molar-refractivity contribution in [2.75, 3.05) is 19.8 Å². The van der Waals surface area contributed by atoms with E-state index in [1.54, 1.807) is 0 Å². The van der Waals surface area contributed by atoms with Crippen LogP contribution in [-0.2, 0) is 21.2 Å². The van der Waals surface area contributed by atoms with Crippen LogP contribution in [0.3, 0.4) is 0 Å². The van der Waals surface area contributed by atoms with Gasteiger partial charge in [-0.25, -0.2) is 18.1 Å². The van der Waals surface area contributed by atoms with Crippen LogP contribution in [0.5, 0.6) is 0 Å². The van der Waals surface area contributed by atoms with Crippen LogP contribution in [-0.4, -0.2) is 38.1 Å². The van der Waals surface area contributed by atoms with Gasteiger partial charge < -0.3 is 9.72 Å². The fourth-order valence-corrected chi connectivity index (χ4v) is 2.08. The number of rotatable bonds is 7. The minimum Gasteiger partial charge on any atom is -0.380 e. The van der Waals surface area contributed by atoms with E-state index in [0.29, 0.717) is 25.5 Å². The summed E-state index contributed by atoms with van der Waals surface area (Å²) in [4.78, 5) is 6.68. The van der Waals surface area contributed by atoms with Crippen LogP contribution in [0.2, 0.25) is 0 Å². The Balaban J connectivity index is 2.56. The van der Waals surface area contributed by atoms with Gasteiger partial charge in [-0.2, -0.15) is 0 Å². The van der Waals surface area contributed by atoms with E-state index in [0.717, 1.165) is 0 Å². The highest BCUT2D eigenvalue weighted by Crippen LogP contribution is 2.05. The zero-order valence-electron chi connectivity index (χ0n) is 9.49. The van der Waals surface area contributed by atoms with Gasteiger partial charge in [-0.05, 0) is 6.92 Å². The van der Waals surface area contributed by atoms with Crippen molar-refractivity contribution < 1.29 is 13.2 Å². The van der Waals surface area contributed by atoms with E-state index in [1.807, 2.05) is 13.8 Å². The molecule has 0 spiro atoms. The summed E-state index contributed by atoms with van der Waals surface area (Å²) in [6, 6.07) is 0. The summed E-state index contributed by atoms with van der Waals surface area (Å²) < 4.78 is 30.8. The molecule has 0 aliphatic carbocycles. The monoisotopic (exact) mass is 247 g/mol. The molecular formula is C9H17N3O3S. The standard InChI is InChI=1S/C9H17N3O3S/c1-3-8-10-7-9(12-8)16(13,14)11-5-6-15-4-2/h7,11H,3-6H2,1-2H3,(H,10,12). The lowest BCUT2D eigenvalue weighted by Gasteiger charge is -2.04. The summed E-state index contributed by atoms with van der Waals surface area (Å²) in [7, 11) is -3.48. The molecule has 0 saturated carbocycles. The van der Waals surface area contributed by atoms with Gasteiger partial charge in [0.15, 0.2) is 5.03 Å². The minimum absolute atomic E-state index is 0.0980. The summed E-state index contributed by atoms with van der Waals surface area (Å²) in [5.41, 5.74) is 0. The molecule has 0 saturated heterocycles. The highest BCUT2D eigenvalue weighted by atomic mass is 32.2. The maximum absolute atomic E-state index is 11.7. The lowest BCUT2D eigenvalue weighted by Crippen LogP contribution is -2.27. The third-order valence-corrected chi connectivity index (χ3v) is 3.34. The van der Waals surface area contributed by atoms with E-state index < -0.39 is 10.0 Å². The number of aromatic amines is 1. The van der Waals surface area contributed by atoms with E-state index in [2.05, 4.69) is 14.7 Å². The first-order valence-corrected chi connectivity index (χ1v) is 6.69. The van der Waals surface area contributed by atoms with E-state index in [9.17, 15) is 8.42 Å². The maximum Gasteiger partial charge on any atom is 0.257 e. The van der Waals surface area contributed by atoms with Crippen LogP contribution in [0.25, 0.3) is 0 Å². The topological polar surface area (TPSA) is 84.1 Å². The second-order valence-corrected chi connectivity index (χ2v) is 4.88. The predicted octanol–water partition coefficient (Wildman–Crippen LogP) is 0.287. The van der Waals surface area contributed by atoms with Crippen molar-refractivity contribution in [3.8, 4) is 0 Å². The van der Waals surface area contributed by atoms with Crippen LogP contribution in [0, 0.1) is 0 Å². The molecule has 16 heavy (non-hydrogen) atoms. The first kappa shape index (κ1) is 13.1. The van der Waals surface area contributed by atoms with Gasteiger partial charge in [-0.3, -0.25) is 0 Å². The normalized spacial score (nSPS) is 11.9. The molecule has 0 aliphatic rings. The minimum atomic E-state index is -3.48. The Labute approximate surface area is 95.5 Å². The molecule has 0 aromatic carbocycles. The molecule has 0 aliphatic heterocycles. The Kier molecular flexibility index (Phi) is 4.91. The maximum atomic E-state index is 11.7. The van der Waals surface area contributed by atoms with Crippen molar-refractivity contribution in [3.63, 3.8) is 0 Å². The summed E-state index contributed by atoms with van der Waals surface area (Å²) >= 11 is 0. The van der Waals surface area contributed by atoms with Crippen LogP contribution in [0.15, 0.2) is 11.2 Å². The van der Waals surface area contributed by atoms with Gasteiger partial charge in [0, 0.05) is 19.6 Å². The number of nitrogens with one attached hydrogen (secondary N) is 2. The molecule has 2 N–H and O–H groups in total. The Hall–Kier alpha value is -0.920. The highest BCUT2D eigenvalue weighted by Gasteiger charge is 2.15. The predicted molar refractivity (Wildman–Crippen MR) is 59.6 cm³/mol. The second kappa shape index (κ2) is 5.97. The molecular weight excluding hydrogens is 230 g/mol. The van der Waals surface area contributed by atoms with Crippen LogP contribution in [0.4, 0.5) is 0 Å². The molecule has 7 heteroatoms. The number of hydrogen-bond acceptors (Lipinski definition) is 4. The average Bonchev–Trinajstić information content (AvgIpc) is 2.73. The molecule has 0 atom stereocenters. The van der Waals surface area contributed by atoms with Crippen molar-refractivity contribution in [1.82, 2.24) is 14.7 Å². The molecule has 0 unspecified atom stereocenters. The summed E-state index contributed by atoms with van der Waals surface area (Å²) in [6.07, 6.45) is 2.00. The van der Waals surface area contributed by atoms with Gasteiger partial charge in [0.25, 0.3) is 10.0 Å². The average molecular weight is 247 g/mol. The quantitative estimate of drug-likeness (QED) is 0.678. The van der Waals surface area contributed by atoms with Crippen molar-refractivity contribution in [2.24, 2.45) is 0 Å². The fraction of sp³-hybridized carbons (Fsp3) is 0.667. The number of ether oxygens (including phenoxy) is 1.